The van der Waals surface area contributed by atoms with Crippen LogP contribution >= 0.6 is 24.0 Å². The number of carbonyl (C=O) groups excluding carboxylic acids is 1. The Balaban J connectivity index is 0.00000289. The van der Waals surface area contributed by atoms with Gasteiger partial charge in [-0.2, -0.15) is 0 Å². The minimum absolute atomic E-state index is 0. The molecule has 35 heavy (non-hydrogen) atoms. The first-order valence-electron chi connectivity index (χ1n) is 12.9. The van der Waals surface area contributed by atoms with Gasteiger partial charge in [-0.05, 0) is 86.4 Å². The average Bonchev–Trinajstić information content (AvgIpc) is 3.53. The molecule has 0 radical (unpaired) electrons. The SMILES string of the molecule is Cl.NCC1(c2cccc(Cl)c2)CCC(N2CCN(c3ccc(OCC4CCCC4)cc3)C2=O)CC1. The van der Waals surface area contributed by atoms with Crippen LogP contribution in [0.5, 0.6) is 5.75 Å². The van der Waals surface area contributed by atoms with Crippen molar-refractivity contribution in [3.63, 3.8) is 0 Å². The van der Waals surface area contributed by atoms with Crippen LogP contribution in [0.15, 0.2) is 48.5 Å². The van der Waals surface area contributed by atoms with E-state index in [2.05, 4.69) is 17.0 Å². The Morgan fingerprint density at radius 2 is 1.71 bits per heavy atom. The molecule has 7 heteroatoms. The van der Waals surface area contributed by atoms with Gasteiger partial charge in [-0.3, -0.25) is 4.90 Å². The fraction of sp³-hybridized carbons (Fsp3) is 0.536. The largest absolute Gasteiger partial charge is 0.493 e. The molecule has 3 fully saturated rings. The minimum atomic E-state index is -0.0435. The fourth-order valence-corrected chi connectivity index (χ4v) is 6.33. The molecule has 1 heterocycles. The normalized spacial score (nSPS) is 25.1. The molecule has 2 saturated carbocycles. The van der Waals surface area contributed by atoms with Crippen LogP contribution in [0.25, 0.3) is 0 Å². The molecule has 3 aliphatic rings. The van der Waals surface area contributed by atoms with Crippen molar-refractivity contribution in [2.45, 2.75) is 62.8 Å². The van der Waals surface area contributed by atoms with Crippen LogP contribution < -0.4 is 15.4 Å². The lowest BCUT2D eigenvalue weighted by Gasteiger charge is -2.42. The first-order valence-corrected chi connectivity index (χ1v) is 13.2. The van der Waals surface area contributed by atoms with E-state index in [0.29, 0.717) is 12.5 Å². The van der Waals surface area contributed by atoms with E-state index in [0.717, 1.165) is 61.8 Å². The van der Waals surface area contributed by atoms with Crippen LogP contribution in [-0.2, 0) is 5.41 Å². The lowest BCUT2D eigenvalue weighted by Crippen LogP contribution is -2.46. The van der Waals surface area contributed by atoms with Crippen molar-refractivity contribution in [1.82, 2.24) is 4.90 Å². The van der Waals surface area contributed by atoms with E-state index in [1.165, 1.54) is 31.2 Å². The maximum absolute atomic E-state index is 13.3. The van der Waals surface area contributed by atoms with Crippen LogP contribution in [0, 0.1) is 5.92 Å². The van der Waals surface area contributed by atoms with Gasteiger partial charge < -0.3 is 15.4 Å². The summed E-state index contributed by atoms with van der Waals surface area (Å²) in [7, 11) is 0. The Morgan fingerprint density at radius 1 is 1.00 bits per heavy atom. The van der Waals surface area contributed by atoms with Crippen LogP contribution in [-0.4, -0.2) is 43.2 Å². The number of rotatable bonds is 7. The summed E-state index contributed by atoms with van der Waals surface area (Å²) in [6.45, 7) is 2.91. The van der Waals surface area contributed by atoms with Gasteiger partial charge in [-0.1, -0.05) is 36.6 Å². The molecule has 2 aromatic rings. The highest BCUT2D eigenvalue weighted by Gasteiger charge is 2.41. The van der Waals surface area contributed by atoms with Gasteiger partial charge in [0.05, 0.1) is 6.61 Å². The first kappa shape index (κ1) is 26.1. The van der Waals surface area contributed by atoms with Gasteiger partial charge in [0.25, 0.3) is 0 Å². The molecule has 1 aliphatic heterocycles. The summed E-state index contributed by atoms with van der Waals surface area (Å²) in [6.07, 6.45) is 9.11. The van der Waals surface area contributed by atoms with Crippen molar-refractivity contribution in [1.29, 1.82) is 0 Å². The van der Waals surface area contributed by atoms with Gasteiger partial charge in [0, 0.05) is 41.8 Å². The maximum atomic E-state index is 13.3. The summed E-state index contributed by atoms with van der Waals surface area (Å²) in [4.78, 5) is 17.3. The van der Waals surface area contributed by atoms with Crippen LogP contribution in [0.3, 0.4) is 0 Å². The van der Waals surface area contributed by atoms with Gasteiger partial charge in [0.1, 0.15) is 5.75 Å². The van der Waals surface area contributed by atoms with E-state index in [9.17, 15) is 4.79 Å². The van der Waals surface area contributed by atoms with Gasteiger partial charge in [0.15, 0.2) is 0 Å². The minimum Gasteiger partial charge on any atom is -0.493 e. The number of benzene rings is 2. The molecule has 190 valence electrons. The Hall–Kier alpha value is -1.95. The van der Waals surface area contributed by atoms with Gasteiger partial charge in [-0.25, -0.2) is 4.79 Å². The van der Waals surface area contributed by atoms with E-state index in [1.807, 2.05) is 41.3 Å². The molecule has 2 N–H and O–H groups in total. The number of hydrogen-bond acceptors (Lipinski definition) is 3. The number of hydrogen-bond donors (Lipinski definition) is 1. The van der Waals surface area contributed by atoms with Crippen molar-refractivity contribution in [2.75, 3.05) is 31.1 Å². The number of amides is 2. The van der Waals surface area contributed by atoms with Crippen molar-refractivity contribution in [2.24, 2.45) is 11.7 Å². The van der Waals surface area contributed by atoms with E-state index >= 15 is 0 Å². The summed E-state index contributed by atoms with van der Waals surface area (Å²) in [5.74, 6) is 1.59. The average molecular weight is 519 g/mol. The smallest absolute Gasteiger partial charge is 0.324 e. The van der Waals surface area contributed by atoms with Crippen LogP contribution in [0.2, 0.25) is 5.02 Å². The lowest BCUT2D eigenvalue weighted by molar-refractivity contribution is 0.156. The predicted molar refractivity (Wildman–Crippen MR) is 145 cm³/mol. The highest BCUT2D eigenvalue weighted by molar-refractivity contribution is 6.30. The molecular formula is C28H37Cl2N3O2. The molecule has 0 bridgehead atoms. The fourth-order valence-electron chi connectivity index (χ4n) is 6.14. The first-order chi connectivity index (χ1) is 16.6. The topological polar surface area (TPSA) is 58.8 Å². The Labute approximate surface area is 220 Å². The number of urea groups is 1. The Kier molecular flexibility index (Phi) is 8.51. The zero-order chi connectivity index (χ0) is 23.5. The third-order valence-electron chi connectivity index (χ3n) is 8.33. The maximum Gasteiger partial charge on any atom is 0.324 e. The molecule has 1 saturated heterocycles. The third-order valence-corrected chi connectivity index (χ3v) is 8.57. The Bertz CT molecular complexity index is 986. The molecule has 0 spiro atoms. The molecule has 0 aromatic heterocycles. The molecule has 2 aromatic carbocycles. The van der Waals surface area contributed by atoms with Crippen molar-refractivity contribution in [3.05, 3.63) is 59.1 Å². The van der Waals surface area contributed by atoms with Crippen molar-refractivity contribution < 1.29 is 9.53 Å². The van der Waals surface area contributed by atoms with Gasteiger partial charge >= 0.3 is 6.03 Å². The summed E-state index contributed by atoms with van der Waals surface area (Å²) < 4.78 is 5.99. The summed E-state index contributed by atoms with van der Waals surface area (Å²) in [5, 5.41) is 0.757. The molecule has 5 rings (SSSR count). The second kappa shape index (κ2) is 11.4. The number of anilines is 1. The van der Waals surface area contributed by atoms with E-state index in [1.54, 1.807) is 0 Å². The molecule has 0 unspecified atom stereocenters. The third kappa shape index (κ3) is 5.58. The highest BCUT2D eigenvalue weighted by atomic mass is 35.5. The molecule has 5 nitrogen and oxygen atoms in total. The van der Waals surface area contributed by atoms with E-state index < -0.39 is 0 Å². The number of nitrogens with zero attached hydrogens (tertiary/aromatic N) is 2. The van der Waals surface area contributed by atoms with Crippen molar-refractivity contribution in [3.8, 4) is 5.75 Å². The predicted octanol–water partition coefficient (Wildman–Crippen LogP) is 6.41. The summed E-state index contributed by atoms with van der Waals surface area (Å²) >= 11 is 6.26. The second-order valence-electron chi connectivity index (χ2n) is 10.3. The lowest BCUT2D eigenvalue weighted by atomic mass is 9.68. The number of ether oxygens (including phenoxy) is 1. The van der Waals surface area contributed by atoms with Crippen LogP contribution in [0.1, 0.15) is 56.9 Å². The van der Waals surface area contributed by atoms with Gasteiger partial charge in [0.2, 0.25) is 0 Å². The highest BCUT2D eigenvalue weighted by Crippen LogP contribution is 2.41. The summed E-state index contributed by atoms with van der Waals surface area (Å²) in [5.41, 5.74) is 8.41. The van der Waals surface area contributed by atoms with Gasteiger partial charge in [-0.15, -0.1) is 12.4 Å². The molecular weight excluding hydrogens is 481 g/mol. The number of halogens is 2. The van der Waals surface area contributed by atoms with E-state index in [4.69, 9.17) is 22.1 Å². The summed E-state index contributed by atoms with van der Waals surface area (Å²) in [6, 6.07) is 16.5. The number of carbonyl (C=O) groups is 1. The zero-order valence-corrected chi connectivity index (χ0v) is 21.9. The monoisotopic (exact) mass is 517 g/mol. The molecule has 2 amide bonds. The Morgan fingerprint density at radius 3 is 2.37 bits per heavy atom. The molecule has 2 aliphatic carbocycles. The molecule has 0 atom stereocenters. The van der Waals surface area contributed by atoms with Crippen molar-refractivity contribution >= 4 is 35.7 Å². The quantitative estimate of drug-likeness (QED) is 0.461. The second-order valence-corrected chi connectivity index (χ2v) is 10.7. The van der Waals surface area contributed by atoms with Crippen LogP contribution in [0.4, 0.5) is 10.5 Å². The number of nitrogens with two attached hydrogens (primary N) is 1. The van der Waals surface area contributed by atoms with E-state index in [-0.39, 0.29) is 29.9 Å². The zero-order valence-electron chi connectivity index (χ0n) is 20.3. The standard InChI is InChI=1S/C28H36ClN3O2.ClH/c29-23-7-3-6-22(18-23)28(20-30)14-12-25(13-15-28)32-17-16-31(27(32)33)24-8-10-26(11-9-24)34-19-21-4-1-2-5-21;/h3,6-11,18,21,25H,1-2,4-5,12-17,19-20,30H2;1H.